The van der Waals surface area contributed by atoms with E-state index >= 15 is 0 Å². The molecule has 0 bridgehead atoms. The molecule has 3 rings (SSSR count). The van der Waals surface area contributed by atoms with Crippen LogP contribution in [0.25, 0.3) is 5.57 Å². The zero-order valence-electron chi connectivity index (χ0n) is 9.51. The van der Waals surface area contributed by atoms with E-state index in [-0.39, 0.29) is 0 Å². The summed E-state index contributed by atoms with van der Waals surface area (Å²) in [7, 11) is 0. The third-order valence-electron chi connectivity index (χ3n) is 3.15. The smallest absolute Gasteiger partial charge is 0.0705 e. The lowest BCUT2D eigenvalue weighted by Gasteiger charge is -2.05. The summed E-state index contributed by atoms with van der Waals surface area (Å²) in [5.74, 6) is 0.309. The second kappa shape index (κ2) is 4.02. The Morgan fingerprint density at radius 2 is 1.88 bits per heavy atom. The summed E-state index contributed by atoms with van der Waals surface area (Å²) in [4.78, 5) is 4.43. The first kappa shape index (κ1) is 10.0. The topological polar surface area (TPSA) is 12.9 Å². The maximum absolute atomic E-state index is 4.43. The van der Waals surface area contributed by atoms with Gasteiger partial charge in [0, 0.05) is 17.7 Å². The number of pyridine rings is 1. The Balaban J connectivity index is 2.17. The van der Waals surface area contributed by atoms with Gasteiger partial charge in [0.2, 0.25) is 0 Å². The molecule has 0 N–H and O–H groups in total. The Morgan fingerprint density at radius 1 is 1.06 bits per heavy atom. The SMILES string of the molecule is C=CC1C=C(c2ccccn2)c2ccccc21. The summed E-state index contributed by atoms with van der Waals surface area (Å²) in [5.41, 5.74) is 4.84. The van der Waals surface area contributed by atoms with Gasteiger partial charge in [0.05, 0.1) is 5.69 Å². The fourth-order valence-electron chi connectivity index (χ4n) is 2.33. The van der Waals surface area contributed by atoms with Crippen LogP contribution in [0.5, 0.6) is 0 Å². The van der Waals surface area contributed by atoms with Crippen molar-refractivity contribution in [2.45, 2.75) is 5.92 Å². The molecule has 1 nitrogen and oxygen atoms in total. The normalized spacial score (nSPS) is 17.4. The quantitative estimate of drug-likeness (QED) is 0.700. The minimum absolute atomic E-state index is 0.309. The van der Waals surface area contributed by atoms with Crippen molar-refractivity contribution in [1.29, 1.82) is 0 Å². The zero-order chi connectivity index (χ0) is 11.7. The predicted molar refractivity (Wildman–Crippen MR) is 70.7 cm³/mol. The molecule has 1 aliphatic rings. The Hall–Kier alpha value is -2.15. The van der Waals surface area contributed by atoms with E-state index in [9.17, 15) is 0 Å². The number of rotatable bonds is 2. The van der Waals surface area contributed by atoms with Gasteiger partial charge in [0.15, 0.2) is 0 Å². The molecule has 1 aromatic carbocycles. The summed E-state index contributed by atoms with van der Waals surface area (Å²) in [5, 5.41) is 0. The minimum Gasteiger partial charge on any atom is -0.256 e. The highest BCUT2D eigenvalue weighted by molar-refractivity contribution is 5.84. The van der Waals surface area contributed by atoms with Gasteiger partial charge in [-0.2, -0.15) is 0 Å². The first-order valence-corrected chi connectivity index (χ1v) is 5.75. The van der Waals surface area contributed by atoms with Gasteiger partial charge in [-0.05, 0) is 23.3 Å². The molecule has 17 heavy (non-hydrogen) atoms. The van der Waals surface area contributed by atoms with E-state index in [4.69, 9.17) is 0 Å². The van der Waals surface area contributed by atoms with Gasteiger partial charge in [-0.15, -0.1) is 6.58 Å². The van der Waals surface area contributed by atoms with Crippen LogP contribution in [-0.2, 0) is 0 Å². The average molecular weight is 219 g/mol. The third kappa shape index (κ3) is 1.60. The van der Waals surface area contributed by atoms with E-state index in [2.05, 4.69) is 41.9 Å². The number of aromatic nitrogens is 1. The van der Waals surface area contributed by atoms with Crippen molar-refractivity contribution in [1.82, 2.24) is 4.98 Å². The van der Waals surface area contributed by atoms with Crippen LogP contribution >= 0.6 is 0 Å². The summed E-state index contributed by atoms with van der Waals surface area (Å²) in [6.07, 6.45) is 6.05. The Bertz CT molecular complexity index is 581. The van der Waals surface area contributed by atoms with Gasteiger partial charge in [0.25, 0.3) is 0 Å². The Kier molecular flexibility index (Phi) is 2.37. The zero-order valence-corrected chi connectivity index (χ0v) is 9.51. The van der Waals surface area contributed by atoms with E-state index in [1.54, 1.807) is 0 Å². The predicted octanol–water partition coefficient (Wildman–Crippen LogP) is 3.80. The van der Waals surface area contributed by atoms with Crippen LogP contribution in [0.3, 0.4) is 0 Å². The van der Waals surface area contributed by atoms with Crippen LogP contribution in [0.2, 0.25) is 0 Å². The summed E-state index contributed by atoms with van der Waals surface area (Å²) in [6.45, 7) is 3.90. The summed E-state index contributed by atoms with van der Waals surface area (Å²) >= 11 is 0. The van der Waals surface area contributed by atoms with Crippen molar-refractivity contribution in [2.24, 2.45) is 0 Å². The van der Waals surface area contributed by atoms with Crippen molar-refractivity contribution >= 4 is 5.57 Å². The third-order valence-corrected chi connectivity index (χ3v) is 3.15. The van der Waals surface area contributed by atoms with Crippen LogP contribution in [0.15, 0.2) is 67.4 Å². The van der Waals surface area contributed by atoms with Crippen molar-refractivity contribution in [3.8, 4) is 0 Å². The number of benzene rings is 1. The molecule has 1 atom stereocenters. The second-order valence-corrected chi connectivity index (χ2v) is 4.14. The summed E-state index contributed by atoms with van der Waals surface area (Å²) < 4.78 is 0. The lowest BCUT2D eigenvalue weighted by molar-refractivity contribution is 1.12. The molecule has 0 radical (unpaired) electrons. The van der Waals surface area contributed by atoms with Crippen LogP contribution in [-0.4, -0.2) is 4.98 Å². The monoisotopic (exact) mass is 219 g/mol. The Morgan fingerprint density at radius 3 is 2.65 bits per heavy atom. The maximum Gasteiger partial charge on any atom is 0.0705 e. The molecule has 1 aromatic heterocycles. The van der Waals surface area contributed by atoms with Gasteiger partial charge < -0.3 is 0 Å². The maximum atomic E-state index is 4.43. The molecular weight excluding hydrogens is 206 g/mol. The highest BCUT2D eigenvalue weighted by Crippen LogP contribution is 2.38. The number of fused-ring (bicyclic) bond motifs is 1. The summed E-state index contributed by atoms with van der Waals surface area (Å²) in [6, 6.07) is 14.5. The van der Waals surface area contributed by atoms with Gasteiger partial charge in [-0.1, -0.05) is 42.5 Å². The highest BCUT2D eigenvalue weighted by atomic mass is 14.7. The molecule has 82 valence electrons. The number of nitrogens with zero attached hydrogens (tertiary/aromatic N) is 1. The van der Waals surface area contributed by atoms with Crippen molar-refractivity contribution < 1.29 is 0 Å². The minimum atomic E-state index is 0.309. The molecule has 2 aromatic rings. The average Bonchev–Trinajstić information content (AvgIpc) is 2.78. The second-order valence-electron chi connectivity index (χ2n) is 4.14. The molecule has 0 saturated carbocycles. The lowest BCUT2D eigenvalue weighted by atomic mass is 10.00. The van der Waals surface area contributed by atoms with E-state index < -0.39 is 0 Å². The number of hydrogen-bond acceptors (Lipinski definition) is 1. The molecule has 0 saturated heterocycles. The highest BCUT2D eigenvalue weighted by Gasteiger charge is 2.21. The van der Waals surface area contributed by atoms with E-state index in [1.165, 1.54) is 16.7 Å². The molecule has 0 fully saturated rings. The van der Waals surface area contributed by atoms with Crippen LogP contribution in [0, 0.1) is 0 Å². The fraction of sp³-hybridized carbons (Fsp3) is 0.0625. The molecule has 1 aliphatic carbocycles. The van der Waals surface area contributed by atoms with E-state index in [0.717, 1.165) is 5.69 Å². The van der Waals surface area contributed by atoms with Gasteiger partial charge in [-0.25, -0.2) is 0 Å². The van der Waals surface area contributed by atoms with Crippen LogP contribution in [0.4, 0.5) is 0 Å². The fourth-order valence-corrected chi connectivity index (χ4v) is 2.33. The molecule has 1 heterocycles. The number of allylic oxidation sites excluding steroid dienone is 2. The first-order valence-electron chi connectivity index (χ1n) is 5.75. The van der Waals surface area contributed by atoms with Crippen molar-refractivity contribution in [2.75, 3.05) is 0 Å². The molecule has 0 aliphatic heterocycles. The van der Waals surface area contributed by atoms with E-state index in [0.29, 0.717) is 5.92 Å². The molecule has 1 heteroatoms. The molecular formula is C16H13N. The van der Waals surface area contributed by atoms with Gasteiger partial charge in [-0.3, -0.25) is 4.98 Å². The van der Waals surface area contributed by atoms with Crippen molar-refractivity contribution in [3.63, 3.8) is 0 Å². The molecule has 0 amide bonds. The molecule has 0 spiro atoms. The van der Waals surface area contributed by atoms with Crippen molar-refractivity contribution in [3.05, 3.63) is 84.2 Å². The first-order chi connectivity index (χ1) is 8.40. The Labute approximate surface area is 101 Å². The van der Waals surface area contributed by atoms with E-state index in [1.807, 2.05) is 30.5 Å². The number of hydrogen-bond donors (Lipinski definition) is 0. The van der Waals surface area contributed by atoms with Crippen LogP contribution < -0.4 is 0 Å². The van der Waals surface area contributed by atoms with Crippen LogP contribution in [0.1, 0.15) is 22.7 Å². The van der Waals surface area contributed by atoms with Gasteiger partial charge >= 0.3 is 0 Å². The van der Waals surface area contributed by atoms with Gasteiger partial charge in [0.1, 0.15) is 0 Å². The standard InChI is InChI=1S/C16H13N/c1-2-12-11-15(16-9-5-6-10-17-16)14-8-4-3-7-13(12)14/h2-12H,1H2. The largest absolute Gasteiger partial charge is 0.256 e. The molecule has 1 unspecified atom stereocenters. The lowest BCUT2D eigenvalue weighted by Crippen LogP contribution is -1.89.